The first-order valence-electron chi connectivity index (χ1n) is 6.81. The molecule has 0 bridgehead atoms. The Morgan fingerprint density at radius 3 is 2.35 bits per heavy atom. The number of rotatable bonds is 9. The van der Waals surface area contributed by atoms with E-state index in [2.05, 4.69) is 5.32 Å². The molecule has 0 spiro atoms. The Morgan fingerprint density at radius 1 is 1.05 bits per heavy atom. The van der Waals surface area contributed by atoms with Crippen LogP contribution in [-0.4, -0.2) is 23.5 Å². The fourth-order valence-electron chi connectivity index (χ4n) is 1.83. The molecule has 0 aliphatic rings. The Morgan fingerprint density at radius 2 is 1.70 bits per heavy atom. The van der Waals surface area contributed by atoms with Crippen LogP contribution in [0.25, 0.3) is 0 Å². The van der Waals surface area contributed by atoms with Gasteiger partial charge in [0, 0.05) is 18.0 Å². The van der Waals surface area contributed by atoms with E-state index in [0.29, 0.717) is 24.4 Å². The first-order valence-corrected chi connectivity index (χ1v) is 7.18. The van der Waals surface area contributed by atoms with Crippen molar-refractivity contribution in [2.75, 3.05) is 6.54 Å². The van der Waals surface area contributed by atoms with Gasteiger partial charge in [0.1, 0.15) is 0 Å². The zero-order chi connectivity index (χ0) is 14.8. The van der Waals surface area contributed by atoms with Crippen molar-refractivity contribution in [1.82, 2.24) is 5.32 Å². The van der Waals surface area contributed by atoms with E-state index in [1.165, 1.54) is 0 Å². The van der Waals surface area contributed by atoms with Gasteiger partial charge >= 0.3 is 5.97 Å². The Kier molecular flexibility index (Phi) is 7.73. The molecule has 0 atom stereocenters. The molecule has 20 heavy (non-hydrogen) atoms. The van der Waals surface area contributed by atoms with Crippen molar-refractivity contribution < 1.29 is 14.7 Å². The van der Waals surface area contributed by atoms with Crippen LogP contribution >= 0.6 is 11.6 Å². The van der Waals surface area contributed by atoms with Gasteiger partial charge in [-0.15, -0.1) is 0 Å². The van der Waals surface area contributed by atoms with Crippen LogP contribution in [0.3, 0.4) is 0 Å². The van der Waals surface area contributed by atoms with Gasteiger partial charge in [-0.25, -0.2) is 0 Å². The number of carbonyl (C=O) groups is 2. The molecule has 0 aliphatic heterocycles. The minimum Gasteiger partial charge on any atom is -0.481 e. The molecular formula is C15H20ClNO3. The Hall–Kier alpha value is -1.55. The van der Waals surface area contributed by atoms with E-state index in [-0.39, 0.29) is 12.3 Å². The van der Waals surface area contributed by atoms with Crippen LogP contribution in [0.5, 0.6) is 0 Å². The summed E-state index contributed by atoms with van der Waals surface area (Å²) in [6.45, 7) is 0.638. The zero-order valence-electron chi connectivity index (χ0n) is 11.4. The van der Waals surface area contributed by atoms with Crippen LogP contribution in [0, 0.1) is 0 Å². The van der Waals surface area contributed by atoms with Gasteiger partial charge in [-0.1, -0.05) is 36.6 Å². The lowest BCUT2D eigenvalue weighted by atomic mass is 10.1. The van der Waals surface area contributed by atoms with E-state index >= 15 is 0 Å². The van der Waals surface area contributed by atoms with Gasteiger partial charge in [0.25, 0.3) is 0 Å². The third-order valence-corrected chi connectivity index (χ3v) is 3.17. The number of nitrogens with one attached hydrogen (secondary N) is 1. The molecule has 0 unspecified atom stereocenters. The van der Waals surface area contributed by atoms with Gasteiger partial charge < -0.3 is 10.4 Å². The van der Waals surface area contributed by atoms with Crippen molar-refractivity contribution in [3.63, 3.8) is 0 Å². The highest BCUT2D eigenvalue weighted by molar-refractivity contribution is 6.30. The lowest BCUT2D eigenvalue weighted by Gasteiger charge is -2.05. The maximum Gasteiger partial charge on any atom is 0.303 e. The number of amides is 1. The van der Waals surface area contributed by atoms with E-state index in [9.17, 15) is 9.59 Å². The Balaban J connectivity index is 2.05. The maximum atomic E-state index is 11.7. The van der Waals surface area contributed by atoms with Gasteiger partial charge in [-0.2, -0.15) is 0 Å². The van der Waals surface area contributed by atoms with E-state index in [4.69, 9.17) is 16.7 Å². The van der Waals surface area contributed by atoms with Crippen LogP contribution in [0.2, 0.25) is 5.02 Å². The number of unbranched alkanes of at least 4 members (excludes halogenated alkanes) is 3. The zero-order valence-corrected chi connectivity index (χ0v) is 12.2. The minimum atomic E-state index is -0.749. The molecular weight excluding hydrogens is 278 g/mol. The van der Waals surface area contributed by atoms with Gasteiger partial charge in [0.15, 0.2) is 0 Å². The highest BCUT2D eigenvalue weighted by Gasteiger charge is 2.02. The van der Waals surface area contributed by atoms with Gasteiger partial charge in [-0.05, 0) is 30.5 Å². The number of halogens is 1. The summed E-state index contributed by atoms with van der Waals surface area (Å²) in [5.41, 5.74) is 0.938. The SMILES string of the molecule is O=C(O)CCCCCCNC(=O)Cc1ccc(Cl)cc1. The largest absolute Gasteiger partial charge is 0.481 e. The van der Waals surface area contributed by atoms with Crippen LogP contribution in [0.15, 0.2) is 24.3 Å². The molecule has 2 N–H and O–H groups in total. The average molecular weight is 298 g/mol. The molecule has 1 amide bonds. The average Bonchev–Trinajstić information content (AvgIpc) is 2.40. The van der Waals surface area contributed by atoms with E-state index < -0.39 is 5.97 Å². The molecule has 1 aromatic carbocycles. The molecule has 1 rings (SSSR count). The third-order valence-electron chi connectivity index (χ3n) is 2.92. The second-order valence-electron chi connectivity index (χ2n) is 4.71. The van der Waals surface area contributed by atoms with Crippen LogP contribution < -0.4 is 5.32 Å². The number of carbonyl (C=O) groups excluding carboxylic acids is 1. The predicted octanol–water partition coefficient (Wildman–Crippen LogP) is 3.03. The summed E-state index contributed by atoms with van der Waals surface area (Å²) >= 11 is 5.77. The molecule has 0 aliphatic carbocycles. The van der Waals surface area contributed by atoms with Crippen molar-refractivity contribution in [3.8, 4) is 0 Å². The smallest absolute Gasteiger partial charge is 0.303 e. The summed E-state index contributed by atoms with van der Waals surface area (Å²) in [7, 11) is 0. The fraction of sp³-hybridized carbons (Fsp3) is 0.467. The summed E-state index contributed by atoms with van der Waals surface area (Å²) in [5, 5.41) is 12.0. The normalized spacial score (nSPS) is 10.2. The number of carboxylic acids is 1. The minimum absolute atomic E-state index is 0.00198. The number of aliphatic carboxylic acids is 1. The summed E-state index contributed by atoms with van der Waals surface area (Å²) in [4.78, 5) is 22.0. The van der Waals surface area contributed by atoms with E-state index in [0.717, 1.165) is 24.8 Å². The topological polar surface area (TPSA) is 66.4 Å². The molecule has 0 saturated heterocycles. The third kappa shape index (κ3) is 7.79. The second kappa shape index (κ2) is 9.37. The van der Waals surface area contributed by atoms with Crippen molar-refractivity contribution in [2.24, 2.45) is 0 Å². The molecule has 4 nitrogen and oxygen atoms in total. The lowest BCUT2D eigenvalue weighted by Crippen LogP contribution is -2.26. The highest BCUT2D eigenvalue weighted by atomic mass is 35.5. The number of hydrogen-bond acceptors (Lipinski definition) is 2. The van der Waals surface area contributed by atoms with Gasteiger partial charge in [-0.3, -0.25) is 9.59 Å². The van der Waals surface area contributed by atoms with Crippen LogP contribution in [0.1, 0.15) is 37.7 Å². The van der Waals surface area contributed by atoms with Crippen molar-refractivity contribution in [1.29, 1.82) is 0 Å². The van der Waals surface area contributed by atoms with Gasteiger partial charge in [0.05, 0.1) is 6.42 Å². The number of benzene rings is 1. The standard InChI is InChI=1S/C15H20ClNO3/c16-13-8-6-12(7-9-13)11-14(18)17-10-4-2-1-3-5-15(19)20/h6-9H,1-5,10-11H2,(H,17,18)(H,19,20). The predicted molar refractivity (Wildman–Crippen MR) is 78.9 cm³/mol. The van der Waals surface area contributed by atoms with E-state index in [1.54, 1.807) is 12.1 Å². The monoisotopic (exact) mass is 297 g/mol. The molecule has 0 aromatic heterocycles. The number of hydrogen-bond donors (Lipinski definition) is 2. The molecule has 1 aromatic rings. The van der Waals surface area contributed by atoms with Crippen LogP contribution in [-0.2, 0) is 16.0 Å². The molecule has 0 heterocycles. The second-order valence-corrected chi connectivity index (χ2v) is 5.15. The molecule has 0 saturated carbocycles. The molecule has 0 fully saturated rings. The van der Waals surface area contributed by atoms with E-state index in [1.807, 2.05) is 12.1 Å². The van der Waals surface area contributed by atoms with Crippen molar-refractivity contribution >= 4 is 23.5 Å². The summed E-state index contributed by atoms with van der Waals surface area (Å²) in [5.74, 6) is -0.751. The lowest BCUT2D eigenvalue weighted by molar-refractivity contribution is -0.137. The molecule has 0 radical (unpaired) electrons. The Labute approximate surface area is 124 Å². The maximum absolute atomic E-state index is 11.7. The molecule has 5 heteroatoms. The summed E-state index contributed by atoms with van der Waals surface area (Å²) in [6.07, 6.45) is 3.99. The van der Waals surface area contributed by atoms with Crippen molar-refractivity contribution in [2.45, 2.75) is 38.5 Å². The van der Waals surface area contributed by atoms with Gasteiger partial charge in [0.2, 0.25) is 5.91 Å². The quantitative estimate of drug-likeness (QED) is 0.689. The Bertz CT molecular complexity index is 431. The molecule has 110 valence electrons. The number of carboxylic acid groups (broad SMARTS) is 1. The van der Waals surface area contributed by atoms with Crippen LogP contribution in [0.4, 0.5) is 0 Å². The first-order chi connectivity index (χ1) is 9.58. The fourth-order valence-corrected chi connectivity index (χ4v) is 1.96. The highest BCUT2D eigenvalue weighted by Crippen LogP contribution is 2.09. The summed E-state index contributed by atoms with van der Waals surface area (Å²) < 4.78 is 0. The van der Waals surface area contributed by atoms with Crippen molar-refractivity contribution in [3.05, 3.63) is 34.9 Å². The summed E-state index contributed by atoms with van der Waals surface area (Å²) in [6, 6.07) is 7.22. The first kappa shape index (κ1) is 16.5.